The van der Waals surface area contributed by atoms with Crippen molar-refractivity contribution in [1.82, 2.24) is 9.97 Å². The third-order valence-corrected chi connectivity index (χ3v) is 3.14. The smallest absolute Gasteiger partial charge is 0.138 e. The molecule has 3 rings (SSSR count). The van der Waals surface area contributed by atoms with Gasteiger partial charge in [0.2, 0.25) is 0 Å². The molecule has 2 heterocycles. The van der Waals surface area contributed by atoms with Crippen molar-refractivity contribution < 1.29 is 4.74 Å². The Hall–Kier alpha value is -2.46. The predicted molar refractivity (Wildman–Crippen MR) is 78.2 cm³/mol. The van der Waals surface area contributed by atoms with E-state index in [2.05, 4.69) is 9.97 Å². The van der Waals surface area contributed by atoms with E-state index < -0.39 is 0 Å². The van der Waals surface area contributed by atoms with Crippen LogP contribution in [-0.4, -0.2) is 9.97 Å². The number of rotatable bonds is 4. The molecule has 0 unspecified atom stereocenters. The van der Waals surface area contributed by atoms with Crippen molar-refractivity contribution in [3.63, 3.8) is 0 Å². The van der Waals surface area contributed by atoms with Crippen LogP contribution in [0.3, 0.4) is 0 Å². The van der Waals surface area contributed by atoms with E-state index in [9.17, 15) is 0 Å². The van der Waals surface area contributed by atoms with Crippen LogP contribution in [0.15, 0.2) is 54.9 Å². The first kappa shape index (κ1) is 12.6. The lowest BCUT2D eigenvalue weighted by molar-refractivity contribution is 0.303. The van der Waals surface area contributed by atoms with Gasteiger partial charge in [0.05, 0.1) is 17.4 Å². The molecule has 0 bridgehead atoms. The van der Waals surface area contributed by atoms with Crippen LogP contribution >= 0.6 is 0 Å². The van der Waals surface area contributed by atoms with Gasteiger partial charge in [0, 0.05) is 23.7 Å². The highest BCUT2D eigenvalue weighted by atomic mass is 16.5. The SMILES string of the molecule is NCc1ncccc1COc1cnc2ccccc2c1. The fraction of sp³-hybridized carbons (Fsp3) is 0.125. The number of nitrogens with two attached hydrogens (primary N) is 1. The van der Waals surface area contributed by atoms with Crippen LogP contribution in [0.1, 0.15) is 11.3 Å². The van der Waals surface area contributed by atoms with Crippen LogP contribution in [0, 0.1) is 0 Å². The predicted octanol–water partition coefficient (Wildman–Crippen LogP) is 2.67. The summed E-state index contributed by atoms with van der Waals surface area (Å²) in [6, 6.07) is 13.8. The van der Waals surface area contributed by atoms with Gasteiger partial charge in [-0.3, -0.25) is 9.97 Å². The Morgan fingerprint density at radius 1 is 1.05 bits per heavy atom. The van der Waals surface area contributed by atoms with E-state index in [4.69, 9.17) is 10.5 Å². The molecule has 1 aromatic carbocycles. The summed E-state index contributed by atoms with van der Waals surface area (Å²) in [4.78, 5) is 8.61. The summed E-state index contributed by atoms with van der Waals surface area (Å²) in [7, 11) is 0. The normalized spacial score (nSPS) is 10.7. The van der Waals surface area contributed by atoms with Crippen LogP contribution in [0.5, 0.6) is 5.75 Å². The summed E-state index contributed by atoms with van der Waals surface area (Å²) in [5.41, 5.74) is 8.49. The highest BCUT2D eigenvalue weighted by molar-refractivity contribution is 5.79. The van der Waals surface area contributed by atoms with Gasteiger partial charge in [-0.25, -0.2) is 0 Å². The van der Waals surface area contributed by atoms with Crippen LogP contribution in [0.25, 0.3) is 10.9 Å². The fourth-order valence-electron chi connectivity index (χ4n) is 2.08. The summed E-state index contributed by atoms with van der Waals surface area (Å²) in [5.74, 6) is 0.746. The largest absolute Gasteiger partial charge is 0.487 e. The minimum Gasteiger partial charge on any atom is -0.487 e. The zero-order chi connectivity index (χ0) is 13.8. The van der Waals surface area contributed by atoms with E-state index in [-0.39, 0.29) is 0 Å². The maximum absolute atomic E-state index is 5.78. The Kier molecular flexibility index (Phi) is 3.56. The highest BCUT2D eigenvalue weighted by Crippen LogP contribution is 2.19. The number of nitrogens with zero attached hydrogens (tertiary/aromatic N) is 2. The van der Waals surface area contributed by atoms with Crippen LogP contribution in [0.4, 0.5) is 0 Å². The van der Waals surface area contributed by atoms with Crippen molar-refractivity contribution in [2.75, 3.05) is 0 Å². The van der Waals surface area contributed by atoms with Gasteiger partial charge >= 0.3 is 0 Å². The van der Waals surface area contributed by atoms with Crippen molar-refractivity contribution in [1.29, 1.82) is 0 Å². The van der Waals surface area contributed by atoms with Gasteiger partial charge in [0.15, 0.2) is 0 Å². The molecule has 0 saturated carbocycles. The third-order valence-electron chi connectivity index (χ3n) is 3.14. The molecule has 100 valence electrons. The molecule has 0 aliphatic rings. The van der Waals surface area contributed by atoms with Gasteiger partial charge in [-0.05, 0) is 18.2 Å². The average molecular weight is 265 g/mol. The Balaban J connectivity index is 1.79. The molecular formula is C16H15N3O. The maximum Gasteiger partial charge on any atom is 0.138 e. The second kappa shape index (κ2) is 5.67. The van der Waals surface area contributed by atoms with E-state index in [0.717, 1.165) is 27.9 Å². The molecule has 0 saturated heterocycles. The first-order valence-corrected chi connectivity index (χ1v) is 6.47. The maximum atomic E-state index is 5.78. The quantitative estimate of drug-likeness (QED) is 0.787. The molecule has 20 heavy (non-hydrogen) atoms. The Morgan fingerprint density at radius 3 is 2.85 bits per heavy atom. The summed E-state index contributed by atoms with van der Waals surface area (Å²) in [5, 5.41) is 1.07. The molecule has 4 heteroatoms. The molecular weight excluding hydrogens is 250 g/mol. The van der Waals surface area contributed by atoms with Gasteiger partial charge in [-0.2, -0.15) is 0 Å². The van der Waals surface area contributed by atoms with E-state index >= 15 is 0 Å². The highest BCUT2D eigenvalue weighted by Gasteiger charge is 2.03. The summed E-state index contributed by atoms with van der Waals surface area (Å²) < 4.78 is 5.78. The lowest BCUT2D eigenvalue weighted by Crippen LogP contribution is -2.06. The van der Waals surface area contributed by atoms with Crippen molar-refractivity contribution >= 4 is 10.9 Å². The molecule has 2 N–H and O–H groups in total. The molecule has 0 fully saturated rings. The number of aromatic nitrogens is 2. The second-order valence-electron chi connectivity index (χ2n) is 4.47. The van der Waals surface area contributed by atoms with E-state index in [0.29, 0.717) is 13.2 Å². The Bertz CT molecular complexity index is 727. The zero-order valence-electron chi connectivity index (χ0n) is 11.0. The second-order valence-corrected chi connectivity index (χ2v) is 4.47. The summed E-state index contributed by atoms with van der Waals surface area (Å²) in [6.07, 6.45) is 3.48. The lowest BCUT2D eigenvalue weighted by Gasteiger charge is -2.09. The van der Waals surface area contributed by atoms with Gasteiger partial charge < -0.3 is 10.5 Å². The number of hydrogen-bond acceptors (Lipinski definition) is 4. The topological polar surface area (TPSA) is 61.0 Å². The Labute approximate surface area is 117 Å². The number of benzene rings is 1. The van der Waals surface area contributed by atoms with E-state index in [1.54, 1.807) is 12.4 Å². The van der Waals surface area contributed by atoms with Crippen LogP contribution < -0.4 is 10.5 Å². The molecule has 4 nitrogen and oxygen atoms in total. The van der Waals surface area contributed by atoms with E-state index in [1.807, 2.05) is 42.5 Å². The van der Waals surface area contributed by atoms with Crippen molar-refractivity contribution in [3.8, 4) is 5.75 Å². The molecule has 0 aliphatic carbocycles. The number of hydrogen-bond donors (Lipinski definition) is 1. The molecule has 0 amide bonds. The minimum atomic E-state index is 0.412. The summed E-state index contributed by atoms with van der Waals surface area (Å²) in [6.45, 7) is 0.857. The lowest BCUT2D eigenvalue weighted by atomic mass is 10.2. The molecule has 2 aromatic heterocycles. The number of para-hydroxylation sites is 1. The zero-order valence-corrected chi connectivity index (χ0v) is 11.0. The molecule has 0 aliphatic heterocycles. The van der Waals surface area contributed by atoms with Crippen molar-refractivity contribution in [2.45, 2.75) is 13.2 Å². The number of pyridine rings is 2. The summed E-state index contributed by atoms with van der Waals surface area (Å²) >= 11 is 0. The molecule has 0 atom stereocenters. The third kappa shape index (κ3) is 2.60. The first-order chi connectivity index (χ1) is 9.86. The Morgan fingerprint density at radius 2 is 1.95 bits per heavy atom. The van der Waals surface area contributed by atoms with Crippen molar-refractivity contribution in [2.24, 2.45) is 5.73 Å². The van der Waals surface area contributed by atoms with Gasteiger partial charge in [-0.1, -0.05) is 24.3 Å². The first-order valence-electron chi connectivity index (χ1n) is 6.47. The molecule has 0 radical (unpaired) electrons. The van der Waals surface area contributed by atoms with Crippen molar-refractivity contribution in [3.05, 3.63) is 66.1 Å². The van der Waals surface area contributed by atoms with E-state index in [1.165, 1.54) is 0 Å². The van der Waals surface area contributed by atoms with Gasteiger partial charge in [-0.15, -0.1) is 0 Å². The number of fused-ring (bicyclic) bond motifs is 1. The van der Waals surface area contributed by atoms with Crippen LogP contribution in [0.2, 0.25) is 0 Å². The van der Waals surface area contributed by atoms with Gasteiger partial charge in [0.1, 0.15) is 12.4 Å². The van der Waals surface area contributed by atoms with Crippen LogP contribution in [-0.2, 0) is 13.2 Å². The number of ether oxygens (including phenoxy) is 1. The molecule has 0 spiro atoms. The fourth-order valence-corrected chi connectivity index (χ4v) is 2.08. The standard InChI is InChI=1S/C16H15N3O/c17-9-16-13(5-3-7-18-16)11-20-14-8-12-4-1-2-6-15(12)19-10-14/h1-8,10H,9,11,17H2. The monoisotopic (exact) mass is 265 g/mol. The minimum absolute atomic E-state index is 0.412. The average Bonchev–Trinajstić information content (AvgIpc) is 2.53. The van der Waals surface area contributed by atoms with Gasteiger partial charge in [0.25, 0.3) is 0 Å². The molecule has 3 aromatic rings.